The SMILES string of the molecule is CCCCCCCCC1[PH](C)(C)C=C[PH](C)(C)C[PH](C)(C)C[PH](C)(C)C[PH]1(C)C. The molecule has 29 heavy (non-hydrogen) atoms. The number of hydrogen-bond acceptors (Lipinski definition) is 0. The molecule has 0 bridgehead atoms. The molecule has 0 radical (unpaired) electrons. The fraction of sp³-hybridized carbons (Fsp3) is 0.917. The Balaban J connectivity index is 3.14. The van der Waals surface area contributed by atoms with E-state index in [2.05, 4.69) is 85.2 Å². The Labute approximate surface area is 189 Å². The second kappa shape index (κ2) is 11.3. The zero-order valence-corrected chi connectivity index (χ0v) is 27.3. The maximum absolute atomic E-state index is 2.88. The van der Waals surface area contributed by atoms with Gasteiger partial charge in [-0.3, -0.25) is 0 Å². The average molecular weight is 505 g/mol. The molecule has 182 valence electrons. The van der Waals surface area contributed by atoms with E-state index in [1.807, 2.05) is 0 Å². The van der Waals surface area contributed by atoms with Crippen LogP contribution in [0, 0.1) is 0 Å². The van der Waals surface area contributed by atoms with Gasteiger partial charge in [-0.15, -0.1) is 0 Å². The summed E-state index contributed by atoms with van der Waals surface area (Å²) >= 11 is 0. The van der Waals surface area contributed by atoms with Crippen molar-refractivity contribution in [1.82, 2.24) is 0 Å². The predicted octanol–water partition coefficient (Wildman–Crippen LogP) is 8.47. The van der Waals surface area contributed by atoms with Gasteiger partial charge in [0.15, 0.2) is 0 Å². The summed E-state index contributed by atoms with van der Waals surface area (Å²) in [6, 6.07) is 0. The molecule has 0 aliphatic carbocycles. The van der Waals surface area contributed by atoms with Crippen molar-refractivity contribution >= 4 is 36.3 Å². The van der Waals surface area contributed by atoms with Gasteiger partial charge in [-0.2, -0.15) is 0 Å². The second-order valence-corrected chi connectivity index (χ2v) is 41.2. The molecular weight excluding hydrogens is 443 g/mol. The van der Waals surface area contributed by atoms with E-state index >= 15 is 0 Å². The Morgan fingerprint density at radius 1 is 0.621 bits per heavy atom. The van der Waals surface area contributed by atoms with Crippen molar-refractivity contribution < 1.29 is 0 Å². The molecular formula is C24H61P5. The van der Waals surface area contributed by atoms with Crippen molar-refractivity contribution in [1.29, 1.82) is 0 Å². The molecule has 1 rings (SSSR count). The normalized spacial score (nSPS) is 33.4. The fourth-order valence-corrected chi connectivity index (χ4v) is 57.3. The topological polar surface area (TPSA) is 0 Å². The van der Waals surface area contributed by atoms with Gasteiger partial charge in [0.05, 0.1) is 0 Å². The van der Waals surface area contributed by atoms with Gasteiger partial charge >= 0.3 is 190 Å². The first-order chi connectivity index (χ1) is 13.0. The van der Waals surface area contributed by atoms with Gasteiger partial charge in [-0.05, 0) is 0 Å². The van der Waals surface area contributed by atoms with Gasteiger partial charge in [0, 0.05) is 0 Å². The van der Waals surface area contributed by atoms with Crippen LogP contribution in [0.3, 0.4) is 0 Å². The van der Waals surface area contributed by atoms with Crippen molar-refractivity contribution in [3.8, 4) is 0 Å². The fourth-order valence-electron chi connectivity index (χ4n) is 7.52. The summed E-state index contributed by atoms with van der Waals surface area (Å²) in [6.45, 7) is 29.7. The zero-order valence-electron chi connectivity index (χ0n) is 22.3. The summed E-state index contributed by atoms with van der Waals surface area (Å²) in [7, 11) is -5.97. The standard InChI is InChI=1S/C24H61P5/c1-12-13-14-15-16-17-18-24-28(8,9)20-19-25(2,3)21-26(4,5)22-27(6,7)23-29(24,10)11/h19-20,24-29H,12-18,21-23H2,1-11H3. The first-order valence-electron chi connectivity index (χ1n) is 12.7. The first kappa shape index (κ1) is 28.9. The molecule has 1 unspecified atom stereocenters. The van der Waals surface area contributed by atoms with Crippen LogP contribution < -0.4 is 0 Å². The Hall–Kier alpha value is 1.89. The maximum atomic E-state index is 2.88. The van der Waals surface area contributed by atoms with Crippen LogP contribution in [0.4, 0.5) is 0 Å². The van der Waals surface area contributed by atoms with Crippen LogP contribution in [0.2, 0.25) is 0 Å². The molecule has 0 nitrogen and oxygen atoms in total. The van der Waals surface area contributed by atoms with E-state index in [1.165, 1.54) is 38.5 Å². The van der Waals surface area contributed by atoms with Crippen LogP contribution in [-0.2, 0) is 0 Å². The van der Waals surface area contributed by atoms with Crippen molar-refractivity contribution in [2.24, 2.45) is 0 Å². The van der Waals surface area contributed by atoms with Crippen LogP contribution in [0.5, 0.6) is 0 Å². The quantitative estimate of drug-likeness (QED) is 0.241. The van der Waals surface area contributed by atoms with Crippen molar-refractivity contribution in [2.45, 2.75) is 57.3 Å². The number of hydrogen-bond donors (Lipinski definition) is 0. The second-order valence-electron chi connectivity index (χ2n) is 14.1. The summed E-state index contributed by atoms with van der Waals surface area (Å²) in [5.74, 6) is 10.7. The molecule has 1 aliphatic heterocycles. The van der Waals surface area contributed by atoms with E-state index in [-0.39, 0.29) is 0 Å². The molecule has 0 saturated heterocycles. The van der Waals surface area contributed by atoms with E-state index in [0.29, 0.717) is 0 Å². The van der Waals surface area contributed by atoms with Crippen LogP contribution in [-0.4, -0.2) is 89.8 Å². The molecule has 1 aliphatic rings. The molecule has 0 saturated carbocycles. The first-order valence-corrected chi connectivity index (χ1v) is 29.3. The molecule has 1 heterocycles. The minimum atomic E-state index is -1.33. The summed E-state index contributed by atoms with van der Waals surface area (Å²) in [5, 5.41) is 1.08. The summed E-state index contributed by atoms with van der Waals surface area (Å²) in [4.78, 5) is 0. The third kappa shape index (κ3) is 10.6. The Bertz CT molecular complexity index is 531. The minimum absolute atomic E-state index is 1.08. The van der Waals surface area contributed by atoms with E-state index in [4.69, 9.17) is 0 Å². The van der Waals surface area contributed by atoms with Crippen LogP contribution in [0.1, 0.15) is 51.9 Å². The van der Waals surface area contributed by atoms with Crippen molar-refractivity contribution in [2.75, 3.05) is 84.4 Å². The summed E-state index contributed by atoms with van der Waals surface area (Å²) in [5.41, 5.74) is 0. The van der Waals surface area contributed by atoms with Gasteiger partial charge in [0.1, 0.15) is 0 Å². The number of rotatable bonds is 7. The van der Waals surface area contributed by atoms with Crippen molar-refractivity contribution in [3.05, 3.63) is 11.6 Å². The predicted molar refractivity (Wildman–Crippen MR) is 166 cm³/mol. The van der Waals surface area contributed by atoms with Crippen LogP contribution >= 0.6 is 36.3 Å². The average Bonchev–Trinajstić information content (AvgIpc) is 2.48. The summed E-state index contributed by atoms with van der Waals surface area (Å²) in [6.07, 6.45) is 10.3. The molecule has 0 fully saturated rings. The van der Waals surface area contributed by atoms with E-state index in [9.17, 15) is 0 Å². The molecule has 0 spiro atoms. The molecule has 0 aromatic heterocycles. The molecule has 5 heteroatoms. The molecule has 0 aromatic rings. The van der Waals surface area contributed by atoms with E-state index in [1.54, 1.807) is 24.1 Å². The molecule has 0 aromatic carbocycles. The van der Waals surface area contributed by atoms with E-state index < -0.39 is 36.3 Å². The van der Waals surface area contributed by atoms with Gasteiger partial charge < -0.3 is 0 Å². The van der Waals surface area contributed by atoms with Gasteiger partial charge in [0.25, 0.3) is 0 Å². The Kier molecular flexibility index (Phi) is 11.3. The Morgan fingerprint density at radius 2 is 1.14 bits per heavy atom. The van der Waals surface area contributed by atoms with Gasteiger partial charge in [-0.1, -0.05) is 0 Å². The third-order valence-corrected chi connectivity index (χ3v) is 41.3. The summed E-state index contributed by atoms with van der Waals surface area (Å²) < 4.78 is 0. The van der Waals surface area contributed by atoms with Gasteiger partial charge in [-0.25, -0.2) is 0 Å². The zero-order chi connectivity index (χ0) is 22.6. The third-order valence-electron chi connectivity index (χ3n) is 7.48. The van der Waals surface area contributed by atoms with Crippen molar-refractivity contribution in [3.63, 3.8) is 0 Å². The van der Waals surface area contributed by atoms with Crippen LogP contribution in [0.25, 0.3) is 0 Å². The van der Waals surface area contributed by atoms with E-state index in [0.717, 1.165) is 5.40 Å². The molecule has 1 atom stereocenters. The Morgan fingerprint density at radius 3 is 1.72 bits per heavy atom. The van der Waals surface area contributed by atoms with Gasteiger partial charge in [0.2, 0.25) is 0 Å². The molecule has 0 amide bonds. The van der Waals surface area contributed by atoms with Crippen LogP contribution in [0.15, 0.2) is 11.6 Å². The number of unbranched alkanes of at least 4 members (excludes halogenated alkanes) is 5. The molecule has 0 N–H and O–H groups in total. The monoisotopic (exact) mass is 504 g/mol.